The standard InChI is InChI=1S/C9H13ClN2OS/c1-6(7(2)14(11)13)9-4-3-8(10)5-12-9/h3-7H,11H2,1-2H3. The van der Waals surface area contributed by atoms with Crippen molar-refractivity contribution in [3.63, 3.8) is 0 Å². The van der Waals surface area contributed by atoms with Crippen molar-refractivity contribution < 1.29 is 4.55 Å². The molecule has 14 heavy (non-hydrogen) atoms. The van der Waals surface area contributed by atoms with Gasteiger partial charge in [0.1, 0.15) is 5.25 Å². The van der Waals surface area contributed by atoms with Crippen LogP contribution in [0.15, 0.2) is 18.3 Å². The molecule has 5 heteroatoms. The molecule has 0 bridgehead atoms. The monoisotopic (exact) mass is 232 g/mol. The van der Waals surface area contributed by atoms with Gasteiger partial charge in [-0.05, 0) is 19.1 Å². The highest BCUT2D eigenvalue weighted by Gasteiger charge is 2.23. The van der Waals surface area contributed by atoms with Gasteiger partial charge in [-0.15, -0.1) is 0 Å². The molecule has 0 amide bonds. The maximum atomic E-state index is 11.1. The van der Waals surface area contributed by atoms with Gasteiger partial charge in [0.05, 0.1) is 5.02 Å². The Morgan fingerprint density at radius 2 is 2.14 bits per heavy atom. The van der Waals surface area contributed by atoms with Crippen LogP contribution in [-0.2, 0) is 11.4 Å². The second-order valence-electron chi connectivity index (χ2n) is 3.22. The number of nitrogens with two attached hydrogens (primary N) is 1. The van der Waals surface area contributed by atoms with E-state index in [1.165, 1.54) is 0 Å². The second kappa shape index (κ2) is 4.98. The Kier molecular flexibility index (Phi) is 4.19. The summed E-state index contributed by atoms with van der Waals surface area (Å²) in [7, 11) is 0. The van der Waals surface area contributed by atoms with Crippen LogP contribution in [0, 0.1) is 0 Å². The van der Waals surface area contributed by atoms with E-state index < -0.39 is 11.4 Å². The van der Waals surface area contributed by atoms with Crippen molar-refractivity contribution in [2.24, 2.45) is 5.14 Å². The van der Waals surface area contributed by atoms with E-state index in [1.807, 2.05) is 19.9 Å². The zero-order valence-corrected chi connectivity index (χ0v) is 9.68. The Balaban J connectivity index is 2.78. The molecule has 0 spiro atoms. The minimum Gasteiger partial charge on any atom is -0.598 e. The van der Waals surface area contributed by atoms with Crippen molar-refractivity contribution in [2.75, 3.05) is 0 Å². The van der Waals surface area contributed by atoms with Crippen LogP contribution in [0.4, 0.5) is 0 Å². The molecule has 1 heterocycles. The van der Waals surface area contributed by atoms with E-state index in [4.69, 9.17) is 16.7 Å². The fourth-order valence-corrected chi connectivity index (χ4v) is 1.75. The lowest BCUT2D eigenvalue weighted by Crippen LogP contribution is -2.30. The fourth-order valence-electron chi connectivity index (χ4n) is 1.10. The zero-order chi connectivity index (χ0) is 10.7. The third kappa shape index (κ3) is 2.85. The first-order valence-corrected chi connectivity index (χ1v) is 5.94. The number of aromatic nitrogens is 1. The molecule has 0 aliphatic rings. The van der Waals surface area contributed by atoms with Crippen molar-refractivity contribution >= 4 is 23.0 Å². The van der Waals surface area contributed by atoms with Gasteiger partial charge >= 0.3 is 0 Å². The highest BCUT2D eigenvalue weighted by molar-refractivity contribution is 7.89. The van der Waals surface area contributed by atoms with Gasteiger partial charge in [-0.1, -0.05) is 18.5 Å². The fraction of sp³-hybridized carbons (Fsp3) is 0.444. The molecule has 0 saturated carbocycles. The van der Waals surface area contributed by atoms with Gasteiger partial charge in [0.2, 0.25) is 0 Å². The molecule has 78 valence electrons. The maximum absolute atomic E-state index is 11.1. The van der Waals surface area contributed by atoms with Crippen LogP contribution in [0.2, 0.25) is 5.02 Å². The van der Waals surface area contributed by atoms with Crippen LogP contribution < -0.4 is 5.14 Å². The minimum absolute atomic E-state index is 0.0677. The highest BCUT2D eigenvalue weighted by Crippen LogP contribution is 2.21. The molecule has 3 nitrogen and oxygen atoms in total. The average molecular weight is 233 g/mol. The van der Waals surface area contributed by atoms with Crippen molar-refractivity contribution in [1.29, 1.82) is 0 Å². The van der Waals surface area contributed by atoms with Gasteiger partial charge in [-0.2, -0.15) is 5.14 Å². The van der Waals surface area contributed by atoms with E-state index in [0.717, 1.165) is 5.69 Å². The molecule has 1 aromatic rings. The molecule has 0 saturated heterocycles. The van der Waals surface area contributed by atoms with Crippen LogP contribution in [0.5, 0.6) is 0 Å². The summed E-state index contributed by atoms with van der Waals surface area (Å²) in [6, 6.07) is 3.60. The first-order valence-electron chi connectivity index (χ1n) is 4.28. The molecule has 3 unspecified atom stereocenters. The molecular weight excluding hydrogens is 220 g/mol. The Labute approximate surface area is 92.0 Å². The lowest BCUT2D eigenvalue weighted by Gasteiger charge is -2.18. The Bertz CT molecular complexity index is 291. The summed E-state index contributed by atoms with van der Waals surface area (Å²) in [6.45, 7) is 3.79. The molecule has 0 fully saturated rings. The van der Waals surface area contributed by atoms with Crippen molar-refractivity contribution in [3.05, 3.63) is 29.0 Å². The summed E-state index contributed by atoms with van der Waals surface area (Å²) in [5.74, 6) is 0.0677. The number of pyridine rings is 1. The van der Waals surface area contributed by atoms with Gasteiger partial charge < -0.3 is 4.55 Å². The summed E-state index contributed by atoms with van der Waals surface area (Å²) in [4.78, 5) is 4.16. The Morgan fingerprint density at radius 3 is 2.57 bits per heavy atom. The van der Waals surface area contributed by atoms with Crippen LogP contribution in [0.1, 0.15) is 25.5 Å². The van der Waals surface area contributed by atoms with Crippen LogP contribution >= 0.6 is 11.6 Å². The quantitative estimate of drug-likeness (QED) is 0.809. The van der Waals surface area contributed by atoms with Gasteiger partial charge in [-0.3, -0.25) is 4.98 Å². The molecule has 2 N–H and O–H groups in total. The second-order valence-corrected chi connectivity index (χ2v) is 5.06. The third-order valence-corrected chi connectivity index (χ3v) is 3.65. The van der Waals surface area contributed by atoms with Crippen molar-refractivity contribution in [2.45, 2.75) is 25.0 Å². The van der Waals surface area contributed by atoms with E-state index >= 15 is 0 Å². The van der Waals surface area contributed by atoms with Gasteiger partial charge in [-0.25, -0.2) is 0 Å². The number of hydrogen-bond donors (Lipinski definition) is 1. The summed E-state index contributed by atoms with van der Waals surface area (Å²) in [6.07, 6.45) is 1.58. The molecule has 0 radical (unpaired) electrons. The normalized spacial score (nSPS) is 17.5. The van der Waals surface area contributed by atoms with Crippen molar-refractivity contribution in [3.8, 4) is 0 Å². The number of hydrogen-bond acceptors (Lipinski definition) is 3. The van der Waals surface area contributed by atoms with E-state index in [-0.39, 0.29) is 11.2 Å². The number of rotatable bonds is 3. The highest BCUT2D eigenvalue weighted by atomic mass is 35.5. The Hall–Kier alpha value is -0.290. The van der Waals surface area contributed by atoms with Gasteiger partial charge in [0.15, 0.2) is 0 Å². The Morgan fingerprint density at radius 1 is 1.50 bits per heavy atom. The van der Waals surface area contributed by atoms with Gasteiger partial charge in [0.25, 0.3) is 0 Å². The van der Waals surface area contributed by atoms with Gasteiger partial charge in [0, 0.05) is 29.2 Å². The lowest BCUT2D eigenvalue weighted by atomic mass is 10.0. The maximum Gasteiger partial charge on any atom is 0.140 e. The van der Waals surface area contributed by atoms with Crippen LogP contribution in [0.3, 0.4) is 0 Å². The summed E-state index contributed by atoms with van der Waals surface area (Å²) < 4.78 is 11.1. The summed E-state index contributed by atoms with van der Waals surface area (Å²) in [5.41, 5.74) is 0.862. The molecular formula is C9H13ClN2OS. The first kappa shape index (κ1) is 11.8. The molecule has 0 aromatic carbocycles. The molecule has 1 rings (SSSR count). The van der Waals surface area contributed by atoms with Crippen LogP contribution in [0.25, 0.3) is 0 Å². The first-order chi connectivity index (χ1) is 6.52. The van der Waals surface area contributed by atoms with E-state index in [9.17, 15) is 4.55 Å². The number of nitrogens with zero attached hydrogens (tertiary/aromatic N) is 1. The molecule has 3 atom stereocenters. The van der Waals surface area contributed by atoms with Crippen LogP contribution in [-0.4, -0.2) is 14.8 Å². The van der Waals surface area contributed by atoms with Crippen molar-refractivity contribution in [1.82, 2.24) is 4.98 Å². The zero-order valence-electron chi connectivity index (χ0n) is 8.11. The summed E-state index contributed by atoms with van der Waals surface area (Å²) in [5, 5.41) is 5.81. The molecule has 1 aromatic heterocycles. The average Bonchev–Trinajstić information content (AvgIpc) is 2.16. The topological polar surface area (TPSA) is 62.0 Å². The molecule has 0 aliphatic heterocycles. The summed E-state index contributed by atoms with van der Waals surface area (Å²) >= 11 is 4.39. The SMILES string of the molecule is CC(c1ccc(Cl)cn1)C(C)[S+](N)[O-]. The largest absolute Gasteiger partial charge is 0.598 e. The minimum atomic E-state index is -1.32. The predicted octanol–water partition coefficient (Wildman–Crippen LogP) is 1.85. The van der Waals surface area contributed by atoms with E-state index in [1.54, 1.807) is 12.3 Å². The van der Waals surface area contributed by atoms with E-state index in [0.29, 0.717) is 5.02 Å². The number of halogens is 1. The smallest absolute Gasteiger partial charge is 0.140 e. The van der Waals surface area contributed by atoms with E-state index in [2.05, 4.69) is 4.98 Å². The third-order valence-electron chi connectivity index (χ3n) is 2.29. The lowest BCUT2D eigenvalue weighted by molar-refractivity contribution is 0.567. The predicted molar refractivity (Wildman–Crippen MR) is 59.5 cm³/mol. The molecule has 0 aliphatic carbocycles.